The summed E-state index contributed by atoms with van der Waals surface area (Å²) < 4.78 is 39.3. The zero-order valence-corrected chi connectivity index (χ0v) is 16.7. The zero-order valence-electron chi connectivity index (χ0n) is 15.9. The molecule has 1 heterocycles. The fourth-order valence-electron chi connectivity index (χ4n) is 2.75. The van der Waals surface area contributed by atoms with Crippen molar-refractivity contribution in [2.24, 2.45) is 0 Å². The maximum absolute atomic E-state index is 12.7. The molecule has 1 N–H and O–H groups in total. The molecule has 30 heavy (non-hydrogen) atoms. The second-order valence-corrected chi connectivity index (χ2v) is 7.98. The normalized spacial score (nSPS) is 11.2. The van der Waals surface area contributed by atoms with Crippen molar-refractivity contribution in [3.8, 4) is 11.6 Å². The van der Waals surface area contributed by atoms with Crippen LogP contribution in [0, 0.1) is 0 Å². The van der Waals surface area contributed by atoms with Crippen LogP contribution in [0.15, 0.2) is 89.8 Å². The summed E-state index contributed by atoms with van der Waals surface area (Å²) in [5.41, 5.74) is 1.15. The highest BCUT2D eigenvalue weighted by Crippen LogP contribution is 2.26. The molecule has 0 fully saturated rings. The second-order valence-electron chi connectivity index (χ2n) is 6.29. The van der Waals surface area contributed by atoms with Crippen molar-refractivity contribution in [1.82, 2.24) is 9.97 Å². The van der Waals surface area contributed by atoms with Gasteiger partial charge in [-0.2, -0.15) is 0 Å². The summed E-state index contributed by atoms with van der Waals surface area (Å²) in [6.45, 7) is 0.436. The molecule has 4 rings (SSSR count). The zero-order chi connectivity index (χ0) is 20.8. The molecule has 0 radical (unpaired) electrons. The Morgan fingerprint density at radius 3 is 1.97 bits per heavy atom. The van der Waals surface area contributed by atoms with E-state index in [1.807, 2.05) is 36.4 Å². The van der Waals surface area contributed by atoms with Gasteiger partial charge in [-0.3, -0.25) is 4.72 Å². The summed E-state index contributed by atoms with van der Waals surface area (Å²) >= 11 is 0. The van der Waals surface area contributed by atoms with Crippen LogP contribution in [0.25, 0.3) is 11.0 Å². The summed E-state index contributed by atoms with van der Waals surface area (Å²) in [4.78, 5) is 8.96. The van der Waals surface area contributed by atoms with E-state index in [0.29, 0.717) is 11.0 Å². The Bertz CT molecular complexity index is 1230. The number of rotatable bonds is 8. The minimum atomic E-state index is -3.84. The van der Waals surface area contributed by atoms with Gasteiger partial charge in [0.1, 0.15) is 19.0 Å². The van der Waals surface area contributed by atoms with E-state index in [9.17, 15) is 8.42 Å². The van der Waals surface area contributed by atoms with Crippen molar-refractivity contribution in [3.63, 3.8) is 0 Å². The van der Waals surface area contributed by atoms with Crippen molar-refractivity contribution >= 4 is 26.9 Å². The first-order valence-electron chi connectivity index (χ1n) is 9.27. The molecule has 0 bridgehead atoms. The maximum Gasteiger partial charge on any atom is 0.263 e. The largest absolute Gasteiger partial charge is 0.490 e. The minimum absolute atomic E-state index is 0.0252. The van der Waals surface area contributed by atoms with Crippen molar-refractivity contribution in [2.75, 3.05) is 17.9 Å². The Kier molecular flexibility index (Phi) is 5.76. The molecule has 0 aliphatic heterocycles. The molecule has 0 saturated heterocycles. The molecule has 4 aromatic rings. The van der Waals surface area contributed by atoms with Crippen LogP contribution in [0.3, 0.4) is 0 Å². The second kappa shape index (κ2) is 8.79. The number of para-hydroxylation sites is 3. The highest BCUT2D eigenvalue weighted by Gasteiger charge is 2.19. The van der Waals surface area contributed by atoms with E-state index < -0.39 is 10.0 Å². The average molecular weight is 421 g/mol. The molecular weight excluding hydrogens is 402 g/mol. The number of fused-ring (bicyclic) bond motifs is 1. The summed E-state index contributed by atoms with van der Waals surface area (Å²) in [5.74, 6) is 0.831. The summed E-state index contributed by atoms with van der Waals surface area (Å²) in [5, 5.41) is 0. The summed E-state index contributed by atoms with van der Waals surface area (Å²) in [6, 6.07) is 24.6. The molecule has 7 nitrogen and oxygen atoms in total. The highest BCUT2D eigenvalue weighted by molar-refractivity contribution is 7.92. The fraction of sp³-hybridized carbons (Fsp3) is 0.0909. The molecule has 0 spiro atoms. The van der Waals surface area contributed by atoms with Gasteiger partial charge < -0.3 is 9.47 Å². The Hall–Kier alpha value is -3.65. The van der Waals surface area contributed by atoms with E-state index in [1.54, 1.807) is 36.4 Å². The molecule has 0 aliphatic carbocycles. The van der Waals surface area contributed by atoms with Crippen LogP contribution >= 0.6 is 0 Å². The lowest BCUT2D eigenvalue weighted by Gasteiger charge is -2.13. The van der Waals surface area contributed by atoms with Crippen molar-refractivity contribution in [3.05, 3.63) is 84.9 Å². The van der Waals surface area contributed by atoms with Crippen molar-refractivity contribution in [1.29, 1.82) is 0 Å². The predicted molar refractivity (Wildman–Crippen MR) is 114 cm³/mol. The molecule has 0 aliphatic rings. The minimum Gasteiger partial charge on any atom is -0.490 e. The van der Waals surface area contributed by atoms with Gasteiger partial charge in [-0.1, -0.05) is 48.5 Å². The van der Waals surface area contributed by atoms with Gasteiger partial charge in [-0.15, -0.1) is 0 Å². The third-order valence-corrected chi connectivity index (χ3v) is 5.51. The third-order valence-electron chi connectivity index (χ3n) is 4.16. The van der Waals surface area contributed by atoms with E-state index in [2.05, 4.69) is 14.7 Å². The standard InChI is InChI=1S/C22H19N3O4S/c26-30(27,18-11-5-2-6-12-18)25-21-22(24-20-14-8-7-13-19(20)23-21)29-16-15-28-17-9-3-1-4-10-17/h1-14H,15-16H2,(H,23,25). The number of hydrogen-bond donors (Lipinski definition) is 1. The van der Waals surface area contributed by atoms with E-state index in [1.165, 1.54) is 12.1 Å². The van der Waals surface area contributed by atoms with Gasteiger partial charge in [0.05, 0.1) is 15.9 Å². The van der Waals surface area contributed by atoms with Gasteiger partial charge in [0.25, 0.3) is 15.9 Å². The Morgan fingerprint density at radius 2 is 1.27 bits per heavy atom. The van der Waals surface area contributed by atoms with Gasteiger partial charge in [0, 0.05) is 0 Å². The van der Waals surface area contributed by atoms with E-state index in [4.69, 9.17) is 9.47 Å². The quantitative estimate of drug-likeness (QED) is 0.434. The first-order chi connectivity index (χ1) is 14.6. The van der Waals surface area contributed by atoms with Crippen molar-refractivity contribution in [2.45, 2.75) is 4.90 Å². The Labute approximate surface area is 174 Å². The van der Waals surface area contributed by atoms with Crippen LogP contribution in [0.2, 0.25) is 0 Å². The van der Waals surface area contributed by atoms with Crippen LogP contribution in [0.1, 0.15) is 0 Å². The molecule has 152 valence electrons. The van der Waals surface area contributed by atoms with Crippen molar-refractivity contribution < 1.29 is 17.9 Å². The number of ether oxygens (including phenoxy) is 2. The maximum atomic E-state index is 12.7. The number of sulfonamides is 1. The van der Waals surface area contributed by atoms with E-state index in [-0.39, 0.29) is 29.8 Å². The molecule has 0 saturated carbocycles. The Balaban J connectivity index is 1.56. The number of hydrogen-bond acceptors (Lipinski definition) is 6. The lowest BCUT2D eigenvalue weighted by Crippen LogP contribution is -2.17. The number of benzene rings is 3. The topological polar surface area (TPSA) is 90.4 Å². The highest BCUT2D eigenvalue weighted by atomic mass is 32.2. The van der Waals surface area contributed by atoms with Gasteiger partial charge in [-0.05, 0) is 36.4 Å². The summed E-state index contributed by atoms with van der Waals surface area (Å²) in [7, 11) is -3.84. The fourth-order valence-corrected chi connectivity index (χ4v) is 3.77. The molecule has 8 heteroatoms. The average Bonchev–Trinajstić information content (AvgIpc) is 2.78. The lowest BCUT2D eigenvalue weighted by molar-refractivity contribution is 0.213. The van der Waals surface area contributed by atoms with E-state index in [0.717, 1.165) is 5.75 Å². The number of aromatic nitrogens is 2. The van der Waals surface area contributed by atoms with Gasteiger partial charge in [0.2, 0.25) is 5.82 Å². The molecule has 3 aromatic carbocycles. The van der Waals surface area contributed by atoms with Crippen LogP contribution in [-0.2, 0) is 10.0 Å². The smallest absolute Gasteiger partial charge is 0.263 e. The monoisotopic (exact) mass is 421 g/mol. The van der Waals surface area contributed by atoms with Gasteiger partial charge >= 0.3 is 0 Å². The number of anilines is 1. The predicted octanol–water partition coefficient (Wildman–Crippen LogP) is 3.89. The third kappa shape index (κ3) is 4.66. The van der Waals surface area contributed by atoms with Gasteiger partial charge in [0.15, 0.2) is 0 Å². The number of nitrogens with one attached hydrogen (secondary N) is 1. The molecular formula is C22H19N3O4S. The number of nitrogens with zero attached hydrogens (tertiary/aromatic N) is 2. The van der Waals surface area contributed by atoms with Gasteiger partial charge in [-0.25, -0.2) is 18.4 Å². The molecule has 1 aromatic heterocycles. The Morgan fingerprint density at radius 1 is 0.700 bits per heavy atom. The molecule has 0 amide bonds. The first kappa shape index (κ1) is 19.7. The van der Waals surface area contributed by atoms with Crippen LogP contribution in [0.4, 0.5) is 5.82 Å². The van der Waals surface area contributed by atoms with Crippen LogP contribution in [-0.4, -0.2) is 31.6 Å². The first-order valence-corrected chi connectivity index (χ1v) is 10.8. The lowest BCUT2D eigenvalue weighted by atomic mass is 10.3. The SMILES string of the molecule is O=S(=O)(Nc1nc2ccccc2nc1OCCOc1ccccc1)c1ccccc1. The molecule has 0 unspecified atom stereocenters. The van der Waals surface area contributed by atoms with Crippen LogP contribution in [0.5, 0.6) is 11.6 Å². The molecule has 0 atom stereocenters. The van der Waals surface area contributed by atoms with E-state index >= 15 is 0 Å². The summed E-state index contributed by atoms with van der Waals surface area (Å²) in [6.07, 6.45) is 0. The van der Waals surface area contributed by atoms with Crippen LogP contribution < -0.4 is 14.2 Å².